The summed E-state index contributed by atoms with van der Waals surface area (Å²) in [5.41, 5.74) is 4.84. The van der Waals surface area contributed by atoms with E-state index in [0.717, 1.165) is 43.7 Å². The van der Waals surface area contributed by atoms with E-state index in [0.29, 0.717) is 11.1 Å². The van der Waals surface area contributed by atoms with Crippen molar-refractivity contribution in [1.82, 2.24) is 14.8 Å². The van der Waals surface area contributed by atoms with Gasteiger partial charge in [-0.15, -0.1) is 0 Å². The van der Waals surface area contributed by atoms with Gasteiger partial charge in [-0.05, 0) is 22.8 Å². The Kier molecular flexibility index (Phi) is 6.89. The Morgan fingerprint density at radius 3 is 2.03 bits per heavy atom. The Balaban J connectivity index is 0.00000259. The van der Waals surface area contributed by atoms with Crippen molar-refractivity contribution in [3.8, 4) is 0 Å². The SMILES string of the molecule is O.O=C(O)c1cccc2c(CN3CCN(C(c4ccccc4)c4ccccc4)CC3)c[nH]c12. The van der Waals surface area contributed by atoms with Crippen LogP contribution in [0.4, 0.5) is 0 Å². The lowest BCUT2D eigenvalue weighted by molar-refractivity contribution is 0.0699. The highest BCUT2D eigenvalue weighted by Gasteiger charge is 2.26. The zero-order valence-electron chi connectivity index (χ0n) is 18.4. The van der Waals surface area contributed by atoms with E-state index >= 15 is 0 Å². The first-order valence-corrected chi connectivity index (χ1v) is 11.1. The summed E-state index contributed by atoms with van der Waals surface area (Å²) >= 11 is 0. The summed E-state index contributed by atoms with van der Waals surface area (Å²) in [5.74, 6) is -0.898. The van der Waals surface area contributed by atoms with Crippen LogP contribution in [0, 0.1) is 0 Å². The normalized spacial score (nSPS) is 14.9. The number of hydrogen-bond acceptors (Lipinski definition) is 3. The second-order valence-corrected chi connectivity index (χ2v) is 8.38. The minimum Gasteiger partial charge on any atom is -0.478 e. The second-order valence-electron chi connectivity index (χ2n) is 8.38. The maximum absolute atomic E-state index is 11.5. The molecule has 5 rings (SSSR count). The molecule has 3 aromatic carbocycles. The van der Waals surface area contributed by atoms with Crippen LogP contribution in [-0.4, -0.2) is 57.5 Å². The minimum atomic E-state index is -0.898. The van der Waals surface area contributed by atoms with Crippen LogP contribution in [0.1, 0.15) is 33.1 Å². The highest BCUT2D eigenvalue weighted by Crippen LogP contribution is 2.30. The van der Waals surface area contributed by atoms with Gasteiger partial charge in [0.05, 0.1) is 17.1 Å². The molecule has 0 bridgehead atoms. The molecule has 2 heterocycles. The molecule has 6 nitrogen and oxygen atoms in total. The average molecular weight is 444 g/mol. The van der Waals surface area contributed by atoms with E-state index in [1.165, 1.54) is 11.1 Å². The number of para-hydroxylation sites is 1. The zero-order valence-corrected chi connectivity index (χ0v) is 18.4. The van der Waals surface area contributed by atoms with Gasteiger partial charge in [-0.1, -0.05) is 72.8 Å². The lowest BCUT2D eigenvalue weighted by atomic mass is 9.96. The number of H-pyrrole nitrogens is 1. The number of carboxylic acid groups (broad SMARTS) is 1. The summed E-state index contributed by atoms with van der Waals surface area (Å²) in [4.78, 5) is 19.7. The van der Waals surface area contributed by atoms with Crippen molar-refractivity contribution < 1.29 is 15.4 Å². The molecule has 0 amide bonds. The van der Waals surface area contributed by atoms with Crippen molar-refractivity contribution in [1.29, 1.82) is 0 Å². The number of nitrogens with zero attached hydrogens (tertiary/aromatic N) is 2. The summed E-state index contributed by atoms with van der Waals surface area (Å²) in [7, 11) is 0. The first kappa shape index (κ1) is 22.7. The van der Waals surface area contributed by atoms with E-state index in [-0.39, 0.29) is 11.5 Å². The number of aromatic carboxylic acids is 1. The fourth-order valence-electron chi connectivity index (χ4n) is 4.83. The fourth-order valence-corrected chi connectivity index (χ4v) is 4.83. The lowest BCUT2D eigenvalue weighted by Crippen LogP contribution is -2.47. The van der Waals surface area contributed by atoms with E-state index in [1.807, 2.05) is 18.3 Å². The third-order valence-electron chi connectivity index (χ3n) is 6.43. The number of aromatic nitrogens is 1. The van der Waals surface area contributed by atoms with Gasteiger partial charge in [0.25, 0.3) is 0 Å². The summed E-state index contributed by atoms with van der Waals surface area (Å²) in [6.07, 6.45) is 1.96. The molecule has 4 aromatic rings. The van der Waals surface area contributed by atoms with Crippen molar-refractivity contribution in [3.63, 3.8) is 0 Å². The summed E-state index contributed by atoms with van der Waals surface area (Å²) in [5, 5.41) is 10.4. The number of nitrogens with one attached hydrogen (secondary N) is 1. The molecule has 170 valence electrons. The molecule has 0 saturated carbocycles. The number of carboxylic acids is 1. The molecule has 0 unspecified atom stereocenters. The van der Waals surface area contributed by atoms with Crippen LogP contribution in [0.3, 0.4) is 0 Å². The molecule has 0 spiro atoms. The maximum Gasteiger partial charge on any atom is 0.337 e. The summed E-state index contributed by atoms with van der Waals surface area (Å²) in [6, 6.07) is 27.2. The second kappa shape index (κ2) is 10.0. The van der Waals surface area contributed by atoms with E-state index in [9.17, 15) is 9.90 Å². The van der Waals surface area contributed by atoms with Crippen LogP contribution < -0.4 is 0 Å². The highest BCUT2D eigenvalue weighted by atomic mass is 16.4. The van der Waals surface area contributed by atoms with Crippen molar-refractivity contribution in [2.24, 2.45) is 0 Å². The third kappa shape index (κ3) is 4.68. The molecular weight excluding hydrogens is 414 g/mol. The number of hydrogen-bond donors (Lipinski definition) is 2. The average Bonchev–Trinajstić information content (AvgIpc) is 3.24. The number of carbonyl (C=O) groups is 1. The monoisotopic (exact) mass is 443 g/mol. The molecule has 0 aliphatic carbocycles. The van der Waals surface area contributed by atoms with Gasteiger partial charge in [-0.2, -0.15) is 0 Å². The zero-order chi connectivity index (χ0) is 21.9. The molecule has 1 saturated heterocycles. The predicted molar refractivity (Wildman–Crippen MR) is 130 cm³/mol. The van der Waals surface area contributed by atoms with Gasteiger partial charge in [-0.25, -0.2) is 4.79 Å². The van der Waals surface area contributed by atoms with Crippen LogP contribution in [0.25, 0.3) is 10.9 Å². The number of aromatic amines is 1. The van der Waals surface area contributed by atoms with Gasteiger partial charge in [0.2, 0.25) is 0 Å². The van der Waals surface area contributed by atoms with Gasteiger partial charge in [0, 0.05) is 44.3 Å². The topological polar surface area (TPSA) is 91.1 Å². The number of benzene rings is 3. The van der Waals surface area contributed by atoms with Crippen LogP contribution in [0.5, 0.6) is 0 Å². The Labute approximate surface area is 193 Å². The smallest absolute Gasteiger partial charge is 0.337 e. The Hall–Kier alpha value is -3.45. The Morgan fingerprint density at radius 2 is 1.45 bits per heavy atom. The van der Waals surface area contributed by atoms with E-state index in [4.69, 9.17) is 0 Å². The Morgan fingerprint density at radius 1 is 0.848 bits per heavy atom. The van der Waals surface area contributed by atoms with Crippen molar-refractivity contribution in [2.45, 2.75) is 12.6 Å². The molecule has 4 N–H and O–H groups in total. The molecule has 0 radical (unpaired) electrons. The van der Waals surface area contributed by atoms with E-state index in [1.54, 1.807) is 6.07 Å². The molecule has 6 heteroatoms. The van der Waals surface area contributed by atoms with Crippen LogP contribution >= 0.6 is 0 Å². The largest absolute Gasteiger partial charge is 0.478 e. The van der Waals surface area contributed by atoms with Gasteiger partial charge in [-0.3, -0.25) is 9.80 Å². The van der Waals surface area contributed by atoms with Gasteiger partial charge in [0.1, 0.15) is 0 Å². The first-order valence-electron chi connectivity index (χ1n) is 11.1. The van der Waals surface area contributed by atoms with Crippen LogP contribution in [0.15, 0.2) is 85.1 Å². The van der Waals surface area contributed by atoms with E-state index in [2.05, 4.69) is 75.4 Å². The minimum absolute atomic E-state index is 0. The number of rotatable bonds is 6. The maximum atomic E-state index is 11.5. The predicted octanol–water partition coefficient (Wildman–Crippen LogP) is 3.95. The molecular formula is C27H29N3O3. The van der Waals surface area contributed by atoms with Crippen molar-refractivity contribution in [2.75, 3.05) is 26.2 Å². The number of piperazine rings is 1. The van der Waals surface area contributed by atoms with Crippen LogP contribution in [0.2, 0.25) is 0 Å². The lowest BCUT2D eigenvalue weighted by Gasteiger charge is -2.39. The molecule has 1 aliphatic rings. The van der Waals surface area contributed by atoms with Crippen LogP contribution in [-0.2, 0) is 6.54 Å². The van der Waals surface area contributed by atoms with E-state index < -0.39 is 5.97 Å². The van der Waals surface area contributed by atoms with Gasteiger partial charge < -0.3 is 15.6 Å². The summed E-state index contributed by atoms with van der Waals surface area (Å²) < 4.78 is 0. The van der Waals surface area contributed by atoms with Gasteiger partial charge >= 0.3 is 5.97 Å². The van der Waals surface area contributed by atoms with Gasteiger partial charge in [0.15, 0.2) is 0 Å². The first-order chi connectivity index (χ1) is 15.7. The van der Waals surface area contributed by atoms with Crippen molar-refractivity contribution in [3.05, 3.63) is 107 Å². The number of fused-ring (bicyclic) bond motifs is 1. The quantitative estimate of drug-likeness (QED) is 0.472. The molecule has 1 aromatic heterocycles. The Bertz CT molecular complexity index is 1160. The molecule has 1 fully saturated rings. The highest BCUT2D eigenvalue weighted by molar-refractivity contribution is 6.02. The van der Waals surface area contributed by atoms with Crippen molar-refractivity contribution >= 4 is 16.9 Å². The standard InChI is InChI=1S/C27H27N3O2.H2O/c31-27(32)24-13-7-12-23-22(18-28-25(23)24)19-29-14-16-30(17-15-29)26(20-8-3-1-4-9-20)21-10-5-2-6-11-21;/h1-13,18,26,28H,14-17,19H2,(H,31,32);1H2. The molecule has 33 heavy (non-hydrogen) atoms. The molecule has 0 atom stereocenters. The molecule has 1 aliphatic heterocycles. The summed E-state index contributed by atoms with van der Waals surface area (Å²) in [6.45, 7) is 4.73. The third-order valence-corrected chi connectivity index (χ3v) is 6.43. The fraction of sp³-hybridized carbons (Fsp3) is 0.222.